The van der Waals surface area contributed by atoms with E-state index in [1.165, 1.54) is 5.56 Å². The molecule has 0 amide bonds. The van der Waals surface area contributed by atoms with E-state index in [9.17, 15) is 5.11 Å². The Hall–Kier alpha value is -1.19. The van der Waals surface area contributed by atoms with E-state index in [2.05, 4.69) is 31.0 Å². The maximum absolute atomic E-state index is 10.1. The molecule has 1 atom stereocenters. The van der Waals surface area contributed by atoms with Crippen LogP contribution in [0.15, 0.2) is 35.8 Å². The van der Waals surface area contributed by atoms with Crippen LogP contribution >= 0.6 is 11.3 Å². The number of aliphatic hydroxyl groups is 1. The lowest BCUT2D eigenvalue weighted by Crippen LogP contribution is -2.01. The van der Waals surface area contributed by atoms with Crippen molar-refractivity contribution in [3.8, 4) is 0 Å². The Labute approximate surface area is 106 Å². The molecule has 2 aromatic rings. The van der Waals surface area contributed by atoms with E-state index in [1.54, 1.807) is 17.5 Å². The van der Waals surface area contributed by atoms with Gasteiger partial charge in [-0.3, -0.25) is 0 Å². The number of rotatable bonds is 4. The molecule has 1 N–H and O–H groups in total. The van der Waals surface area contributed by atoms with Gasteiger partial charge in [-0.2, -0.15) is 0 Å². The molecule has 1 unspecified atom stereocenters. The van der Waals surface area contributed by atoms with E-state index in [0.717, 1.165) is 10.6 Å². The lowest BCUT2D eigenvalue weighted by molar-refractivity contribution is 0.178. The van der Waals surface area contributed by atoms with E-state index >= 15 is 0 Å². The molecule has 0 saturated heterocycles. The molecule has 17 heavy (non-hydrogen) atoms. The minimum Gasteiger partial charge on any atom is -0.388 e. The van der Waals surface area contributed by atoms with Crippen LogP contribution in [0.25, 0.3) is 0 Å². The van der Waals surface area contributed by atoms with E-state index in [4.69, 9.17) is 0 Å². The number of hydrogen-bond acceptors (Lipinski definition) is 3. The first-order chi connectivity index (χ1) is 8.16. The number of benzene rings is 1. The van der Waals surface area contributed by atoms with Crippen molar-refractivity contribution in [3.05, 3.63) is 52.0 Å². The number of thiazole rings is 1. The maximum atomic E-state index is 10.1. The fraction of sp³-hybridized carbons (Fsp3) is 0.357. The van der Waals surface area contributed by atoms with Crippen molar-refractivity contribution >= 4 is 11.3 Å². The first kappa shape index (κ1) is 12.3. The highest BCUT2D eigenvalue weighted by Crippen LogP contribution is 2.22. The maximum Gasteiger partial charge on any atom is 0.0954 e. The quantitative estimate of drug-likeness (QED) is 0.896. The van der Waals surface area contributed by atoms with Crippen LogP contribution in [0, 0.1) is 0 Å². The van der Waals surface area contributed by atoms with Gasteiger partial charge in [0.2, 0.25) is 0 Å². The molecule has 90 valence electrons. The molecule has 0 fully saturated rings. The van der Waals surface area contributed by atoms with Crippen molar-refractivity contribution in [2.24, 2.45) is 0 Å². The molecule has 0 saturated carbocycles. The summed E-state index contributed by atoms with van der Waals surface area (Å²) < 4.78 is 0. The van der Waals surface area contributed by atoms with Gasteiger partial charge < -0.3 is 5.11 Å². The highest BCUT2D eigenvalue weighted by atomic mass is 32.1. The van der Waals surface area contributed by atoms with Gasteiger partial charge in [0.1, 0.15) is 0 Å². The predicted octanol–water partition coefficient (Wildman–Crippen LogP) is 3.54. The van der Waals surface area contributed by atoms with Gasteiger partial charge in [-0.25, -0.2) is 4.98 Å². The molecule has 0 aliphatic rings. The molecule has 0 bridgehead atoms. The molecule has 3 heteroatoms. The van der Waals surface area contributed by atoms with Crippen LogP contribution in [0.4, 0.5) is 0 Å². The number of hydrogen-bond donors (Lipinski definition) is 1. The Morgan fingerprint density at radius 3 is 2.35 bits per heavy atom. The molecule has 0 radical (unpaired) electrons. The summed E-state index contributed by atoms with van der Waals surface area (Å²) in [5.41, 5.74) is 2.26. The molecular formula is C14H17NOS. The van der Waals surface area contributed by atoms with Crippen molar-refractivity contribution in [2.45, 2.75) is 32.3 Å². The van der Waals surface area contributed by atoms with Gasteiger partial charge >= 0.3 is 0 Å². The van der Waals surface area contributed by atoms with E-state index in [1.807, 2.05) is 17.5 Å². The van der Waals surface area contributed by atoms with Gasteiger partial charge in [0, 0.05) is 18.0 Å². The second kappa shape index (κ2) is 5.43. The van der Waals surface area contributed by atoms with Crippen LogP contribution in [-0.4, -0.2) is 10.1 Å². The smallest absolute Gasteiger partial charge is 0.0954 e. The van der Waals surface area contributed by atoms with Crippen molar-refractivity contribution in [1.29, 1.82) is 0 Å². The zero-order chi connectivity index (χ0) is 12.3. The highest BCUT2D eigenvalue weighted by molar-refractivity contribution is 7.09. The second-order valence-electron chi connectivity index (χ2n) is 4.47. The minimum atomic E-state index is -0.456. The summed E-state index contributed by atoms with van der Waals surface area (Å²) in [5.74, 6) is 0.528. The highest BCUT2D eigenvalue weighted by Gasteiger charge is 2.10. The summed E-state index contributed by atoms with van der Waals surface area (Å²) in [6.45, 7) is 4.34. The topological polar surface area (TPSA) is 33.1 Å². The Kier molecular flexibility index (Phi) is 3.92. The third-order valence-corrected chi connectivity index (χ3v) is 3.64. The van der Waals surface area contributed by atoms with Crippen LogP contribution in [0.3, 0.4) is 0 Å². The average Bonchev–Trinajstić information content (AvgIpc) is 2.82. The summed E-state index contributed by atoms with van der Waals surface area (Å²) in [6, 6.07) is 8.19. The Balaban J connectivity index is 2.06. The fourth-order valence-corrected chi connectivity index (χ4v) is 2.39. The third-order valence-electron chi connectivity index (χ3n) is 2.84. The third kappa shape index (κ3) is 3.14. The first-order valence-corrected chi connectivity index (χ1v) is 6.71. The molecule has 0 aliphatic carbocycles. The summed E-state index contributed by atoms with van der Waals surface area (Å²) in [4.78, 5) is 4.19. The molecule has 1 heterocycles. The predicted molar refractivity (Wildman–Crippen MR) is 71.3 cm³/mol. The normalized spacial score (nSPS) is 12.9. The minimum absolute atomic E-state index is 0.456. The van der Waals surface area contributed by atoms with Crippen LogP contribution in [-0.2, 0) is 6.42 Å². The van der Waals surface area contributed by atoms with Gasteiger partial charge in [0.25, 0.3) is 0 Å². The second-order valence-corrected chi connectivity index (χ2v) is 5.45. The van der Waals surface area contributed by atoms with Crippen LogP contribution in [0.5, 0.6) is 0 Å². The molecule has 2 nitrogen and oxygen atoms in total. The lowest BCUT2D eigenvalue weighted by Gasteiger charge is -2.11. The monoisotopic (exact) mass is 247 g/mol. The van der Waals surface area contributed by atoms with Crippen LogP contribution in [0.2, 0.25) is 0 Å². The van der Waals surface area contributed by atoms with E-state index in [-0.39, 0.29) is 0 Å². The zero-order valence-electron chi connectivity index (χ0n) is 10.1. The van der Waals surface area contributed by atoms with Crippen LogP contribution in [0.1, 0.15) is 42.0 Å². The van der Waals surface area contributed by atoms with Gasteiger partial charge in [-0.05, 0) is 17.0 Å². The SMILES string of the molecule is CC(C)c1ccc(C(O)Cc2nccs2)cc1. The van der Waals surface area contributed by atoms with Crippen molar-refractivity contribution < 1.29 is 5.11 Å². The van der Waals surface area contributed by atoms with Crippen LogP contribution < -0.4 is 0 Å². The molecular weight excluding hydrogens is 230 g/mol. The lowest BCUT2D eigenvalue weighted by atomic mass is 9.99. The molecule has 2 rings (SSSR count). The Morgan fingerprint density at radius 2 is 1.82 bits per heavy atom. The van der Waals surface area contributed by atoms with Gasteiger partial charge in [-0.1, -0.05) is 38.1 Å². The number of nitrogens with zero attached hydrogens (tertiary/aromatic N) is 1. The van der Waals surface area contributed by atoms with Crippen molar-refractivity contribution in [3.63, 3.8) is 0 Å². The van der Waals surface area contributed by atoms with Gasteiger partial charge in [0.15, 0.2) is 0 Å². The molecule has 1 aromatic carbocycles. The molecule has 0 aliphatic heterocycles. The Morgan fingerprint density at radius 1 is 1.18 bits per heavy atom. The van der Waals surface area contributed by atoms with Gasteiger partial charge in [-0.15, -0.1) is 11.3 Å². The Bertz CT molecular complexity index is 448. The summed E-state index contributed by atoms with van der Waals surface area (Å²) >= 11 is 1.58. The average molecular weight is 247 g/mol. The standard InChI is InChI=1S/C14H17NOS/c1-10(2)11-3-5-12(6-4-11)13(16)9-14-15-7-8-17-14/h3-8,10,13,16H,9H2,1-2H3. The molecule has 0 spiro atoms. The van der Waals surface area contributed by atoms with E-state index < -0.39 is 6.10 Å². The fourth-order valence-electron chi connectivity index (χ4n) is 1.74. The zero-order valence-corrected chi connectivity index (χ0v) is 10.9. The van der Waals surface area contributed by atoms with Gasteiger partial charge in [0.05, 0.1) is 11.1 Å². The summed E-state index contributed by atoms with van der Waals surface area (Å²) in [7, 11) is 0. The summed E-state index contributed by atoms with van der Waals surface area (Å²) in [6.07, 6.45) is 1.91. The van der Waals surface area contributed by atoms with Crippen molar-refractivity contribution in [1.82, 2.24) is 4.98 Å². The first-order valence-electron chi connectivity index (χ1n) is 5.83. The largest absolute Gasteiger partial charge is 0.388 e. The summed E-state index contributed by atoms with van der Waals surface area (Å²) in [5, 5.41) is 13.0. The van der Waals surface area contributed by atoms with E-state index in [0.29, 0.717) is 12.3 Å². The number of aromatic nitrogens is 1. The number of aliphatic hydroxyl groups excluding tert-OH is 1. The van der Waals surface area contributed by atoms with Crippen molar-refractivity contribution in [2.75, 3.05) is 0 Å². The molecule has 1 aromatic heterocycles.